The zero-order valence-electron chi connectivity index (χ0n) is 17.2. The van der Waals surface area contributed by atoms with Crippen LogP contribution in [0.3, 0.4) is 0 Å². The molecule has 1 amide bonds. The molecule has 0 unspecified atom stereocenters. The Kier molecular flexibility index (Phi) is 5.72. The number of nitrogens with zero attached hydrogens (tertiary/aromatic N) is 3. The van der Waals surface area contributed by atoms with Gasteiger partial charge in [0.15, 0.2) is 5.84 Å². The summed E-state index contributed by atoms with van der Waals surface area (Å²) in [4.78, 5) is 16.2. The molecule has 0 saturated heterocycles. The standard InChI is InChI=1S/C20H16N4O6S3/c1-12-3-9-15(10-4-12)33(28,29)30-14-7-5-13(6-8-14)11-16-17(21)24-19(22-18(16)25)31-20(23-24)32(2,26)27/h3-11,21H,1-2H3/b16-11+,21-17?. The van der Waals surface area contributed by atoms with E-state index in [4.69, 9.17) is 9.59 Å². The lowest BCUT2D eigenvalue weighted by atomic mass is 10.1. The van der Waals surface area contributed by atoms with Gasteiger partial charge in [0.05, 0.1) is 5.57 Å². The number of carbonyl (C=O) groups excluding carboxylic acids is 1. The summed E-state index contributed by atoms with van der Waals surface area (Å²) >= 11 is 0.699. The second-order valence-electron chi connectivity index (χ2n) is 7.08. The maximum atomic E-state index is 12.4. The summed E-state index contributed by atoms with van der Waals surface area (Å²) in [6.45, 7) is 1.84. The van der Waals surface area contributed by atoms with Crippen LogP contribution in [0.15, 0.2) is 69.1 Å². The Labute approximate surface area is 194 Å². The Bertz CT molecular complexity index is 1470. The fourth-order valence-electron chi connectivity index (χ4n) is 2.79. The van der Waals surface area contributed by atoms with Crippen molar-refractivity contribution in [2.75, 3.05) is 6.26 Å². The van der Waals surface area contributed by atoms with Crippen molar-refractivity contribution in [3.8, 4) is 5.75 Å². The molecule has 1 N–H and O–H groups in total. The molecule has 0 radical (unpaired) electrons. The van der Waals surface area contributed by atoms with Gasteiger partial charge in [0.1, 0.15) is 10.6 Å². The molecule has 0 spiro atoms. The predicted molar refractivity (Wildman–Crippen MR) is 125 cm³/mol. The molecule has 2 heterocycles. The lowest BCUT2D eigenvalue weighted by Gasteiger charge is -2.20. The molecule has 0 aromatic heterocycles. The lowest BCUT2D eigenvalue weighted by molar-refractivity contribution is -0.114. The SMILES string of the molecule is Cc1ccc(S(=O)(=O)Oc2ccc(/C=C3\C(=N)N4N=C(S(C)(=O)=O)SC4=NC3=O)cc2)cc1. The molecule has 4 rings (SSSR count). The first-order chi connectivity index (χ1) is 15.4. The summed E-state index contributed by atoms with van der Waals surface area (Å²) in [5.41, 5.74) is 1.29. The summed E-state index contributed by atoms with van der Waals surface area (Å²) in [6, 6.07) is 12.1. The van der Waals surface area contributed by atoms with Crippen molar-refractivity contribution in [1.29, 1.82) is 5.41 Å². The summed E-state index contributed by atoms with van der Waals surface area (Å²) in [7, 11) is -7.63. The second kappa shape index (κ2) is 8.24. The molecule has 33 heavy (non-hydrogen) atoms. The number of benzene rings is 2. The number of carbonyl (C=O) groups is 1. The Hall–Kier alpha value is -3.29. The topological polar surface area (TPSA) is 146 Å². The minimum atomic E-state index is -4.01. The van der Waals surface area contributed by atoms with Crippen molar-refractivity contribution in [2.45, 2.75) is 11.8 Å². The smallest absolute Gasteiger partial charge is 0.339 e. The predicted octanol–water partition coefficient (Wildman–Crippen LogP) is 2.38. The van der Waals surface area contributed by atoms with Crippen LogP contribution in [0.2, 0.25) is 0 Å². The number of fused-ring (bicyclic) bond motifs is 1. The average molecular weight is 505 g/mol. The van der Waals surface area contributed by atoms with E-state index in [-0.39, 0.29) is 31.6 Å². The van der Waals surface area contributed by atoms with Gasteiger partial charge in [-0.25, -0.2) is 8.42 Å². The van der Waals surface area contributed by atoms with Gasteiger partial charge >= 0.3 is 10.1 Å². The summed E-state index contributed by atoms with van der Waals surface area (Å²) in [6.07, 6.45) is 2.35. The Morgan fingerprint density at radius 2 is 1.67 bits per heavy atom. The van der Waals surface area contributed by atoms with E-state index < -0.39 is 25.9 Å². The van der Waals surface area contributed by atoms with E-state index in [0.717, 1.165) is 16.8 Å². The van der Waals surface area contributed by atoms with Crippen LogP contribution >= 0.6 is 11.8 Å². The molecule has 0 bridgehead atoms. The third kappa shape index (κ3) is 4.74. The first kappa shape index (κ1) is 22.9. The molecule has 13 heteroatoms. The zero-order valence-corrected chi connectivity index (χ0v) is 19.7. The summed E-state index contributed by atoms with van der Waals surface area (Å²) < 4.78 is 53.2. The number of aryl methyl sites for hydroxylation is 1. The van der Waals surface area contributed by atoms with Crippen LogP contribution in [0, 0.1) is 12.3 Å². The number of aliphatic imine (C=N–C) groups is 1. The van der Waals surface area contributed by atoms with Crippen molar-refractivity contribution in [2.24, 2.45) is 10.1 Å². The quantitative estimate of drug-likeness (QED) is 0.493. The highest BCUT2D eigenvalue weighted by Gasteiger charge is 2.38. The molecule has 2 aromatic rings. The number of hydrogen-bond acceptors (Lipinski definition) is 9. The molecule has 0 aliphatic carbocycles. The van der Waals surface area contributed by atoms with E-state index in [1.165, 1.54) is 42.5 Å². The van der Waals surface area contributed by atoms with Crippen LogP contribution in [0.25, 0.3) is 6.08 Å². The van der Waals surface area contributed by atoms with Gasteiger partial charge in [-0.05, 0) is 54.6 Å². The maximum absolute atomic E-state index is 12.4. The number of hydrogen-bond donors (Lipinski definition) is 1. The van der Waals surface area contributed by atoms with Gasteiger partial charge in [0, 0.05) is 6.26 Å². The number of amides is 1. The van der Waals surface area contributed by atoms with E-state index in [0.29, 0.717) is 17.3 Å². The number of amidine groups is 2. The van der Waals surface area contributed by atoms with Crippen LogP contribution in [0.4, 0.5) is 0 Å². The van der Waals surface area contributed by atoms with Gasteiger partial charge in [-0.3, -0.25) is 10.2 Å². The molecule has 0 atom stereocenters. The minimum absolute atomic E-state index is 0.00682. The molecule has 2 aliphatic rings. The van der Waals surface area contributed by atoms with Crippen molar-refractivity contribution < 1.29 is 25.8 Å². The van der Waals surface area contributed by atoms with Gasteiger partial charge in [0.2, 0.25) is 19.4 Å². The Balaban J connectivity index is 1.56. The van der Waals surface area contributed by atoms with Gasteiger partial charge < -0.3 is 4.18 Å². The third-order valence-electron chi connectivity index (χ3n) is 4.46. The summed E-state index contributed by atoms with van der Waals surface area (Å²) in [5, 5.41) is 13.1. The highest BCUT2D eigenvalue weighted by Crippen LogP contribution is 2.30. The van der Waals surface area contributed by atoms with E-state index in [2.05, 4.69) is 10.1 Å². The normalized spacial score (nSPS) is 17.6. The fraction of sp³-hybridized carbons (Fsp3) is 0.100. The van der Waals surface area contributed by atoms with Crippen LogP contribution in [0.5, 0.6) is 5.75 Å². The van der Waals surface area contributed by atoms with E-state index >= 15 is 0 Å². The zero-order chi connectivity index (χ0) is 24.0. The van der Waals surface area contributed by atoms with Crippen LogP contribution < -0.4 is 4.18 Å². The monoisotopic (exact) mass is 504 g/mol. The number of rotatable bonds is 4. The van der Waals surface area contributed by atoms with Crippen molar-refractivity contribution in [1.82, 2.24) is 5.01 Å². The number of hydrazone groups is 1. The molecular weight excluding hydrogens is 488 g/mol. The molecule has 170 valence electrons. The number of nitrogens with one attached hydrogen (secondary N) is 1. The molecular formula is C20H16N4O6S3. The van der Waals surface area contributed by atoms with Crippen molar-refractivity contribution >= 4 is 59.1 Å². The van der Waals surface area contributed by atoms with Crippen LogP contribution in [-0.2, 0) is 24.7 Å². The van der Waals surface area contributed by atoms with Crippen LogP contribution in [0.1, 0.15) is 11.1 Å². The molecule has 0 saturated carbocycles. The van der Waals surface area contributed by atoms with Gasteiger partial charge in [-0.2, -0.15) is 18.4 Å². The highest BCUT2D eigenvalue weighted by molar-refractivity contribution is 8.42. The molecule has 10 nitrogen and oxygen atoms in total. The highest BCUT2D eigenvalue weighted by atomic mass is 32.3. The van der Waals surface area contributed by atoms with Gasteiger partial charge in [-0.1, -0.05) is 29.8 Å². The van der Waals surface area contributed by atoms with E-state index in [1.54, 1.807) is 12.1 Å². The third-order valence-corrected chi connectivity index (χ3v) is 8.30. The number of sulfone groups is 1. The molecule has 2 aliphatic heterocycles. The minimum Gasteiger partial charge on any atom is -0.379 e. The van der Waals surface area contributed by atoms with Gasteiger partial charge in [-0.15, -0.1) is 5.10 Å². The van der Waals surface area contributed by atoms with E-state index in [1.807, 2.05) is 6.92 Å². The summed E-state index contributed by atoms with van der Waals surface area (Å²) in [5.74, 6) is -0.967. The lowest BCUT2D eigenvalue weighted by Crippen LogP contribution is -2.35. The second-order valence-corrected chi connectivity index (χ2v) is 11.8. The Morgan fingerprint density at radius 1 is 1.03 bits per heavy atom. The van der Waals surface area contributed by atoms with Crippen molar-refractivity contribution in [3.05, 3.63) is 65.2 Å². The Morgan fingerprint density at radius 3 is 2.27 bits per heavy atom. The molecule has 0 fully saturated rings. The van der Waals surface area contributed by atoms with E-state index in [9.17, 15) is 21.6 Å². The fourth-order valence-corrected chi connectivity index (χ4v) is 5.41. The average Bonchev–Trinajstić information content (AvgIpc) is 3.17. The van der Waals surface area contributed by atoms with Crippen LogP contribution in [-0.4, -0.2) is 49.4 Å². The largest absolute Gasteiger partial charge is 0.379 e. The van der Waals surface area contributed by atoms with Crippen molar-refractivity contribution in [3.63, 3.8) is 0 Å². The first-order valence-electron chi connectivity index (χ1n) is 9.25. The first-order valence-corrected chi connectivity index (χ1v) is 13.4. The number of thioether (sulfide) groups is 1. The molecule has 2 aromatic carbocycles. The maximum Gasteiger partial charge on any atom is 0.339 e. The van der Waals surface area contributed by atoms with Gasteiger partial charge in [0.25, 0.3) is 5.91 Å².